The van der Waals surface area contributed by atoms with Crippen molar-refractivity contribution >= 4 is 5.91 Å². The molecule has 17 heavy (non-hydrogen) atoms. The van der Waals surface area contributed by atoms with Crippen molar-refractivity contribution in [1.82, 2.24) is 10.4 Å². The van der Waals surface area contributed by atoms with Crippen LogP contribution in [0.25, 0.3) is 0 Å². The zero-order chi connectivity index (χ0) is 12.0. The summed E-state index contributed by atoms with van der Waals surface area (Å²) in [6.45, 7) is 0. The van der Waals surface area contributed by atoms with Gasteiger partial charge < -0.3 is 0 Å². The van der Waals surface area contributed by atoms with Crippen molar-refractivity contribution in [3.05, 3.63) is 0 Å². The highest BCUT2D eigenvalue weighted by Gasteiger charge is 2.51. The second-order valence-electron chi connectivity index (χ2n) is 7.02. The number of nitrogens with one attached hydrogen (secondary N) is 1. The molecule has 3 heteroatoms. The van der Waals surface area contributed by atoms with Gasteiger partial charge in [0.05, 0.1) is 0 Å². The van der Waals surface area contributed by atoms with Gasteiger partial charge in [-0.25, -0.2) is 5.01 Å². The third-order valence-electron chi connectivity index (χ3n) is 5.05. The monoisotopic (exact) mass is 236 g/mol. The van der Waals surface area contributed by atoms with Gasteiger partial charge >= 0.3 is 0 Å². The van der Waals surface area contributed by atoms with Crippen LogP contribution in [0.1, 0.15) is 44.9 Å². The van der Waals surface area contributed by atoms with Crippen molar-refractivity contribution < 1.29 is 4.79 Å². The molecule has 4 bridgehead atoms. The van der Waals surface area contributed by atoms with Gasteiger partial charge in [0, 0.05) is 20.5 Å². The zero-order valence-electron chi connectivity index (χ0n) is 11.0. The van der Waals surface area contributed by atoms with E-state index < -0.39 is 0 Å². The van der Waals surface area contributed by atoms with E-state index in [1.807, 2.05) is 14.1 Å². The normalized spacial score (nSPS) is 43.1. The van der Waals surface area contributed by atoms with Gasteiger partial charge in [-0.15, -0.1) is 0 Å². The van der Waals surface area contributed by atoms with Crippen LogP contribution >= 0.6 is 0 Å². The molecule has 0 aromatic rings. The Morgan fingerprint density at radius 2 is 1.59 bits per heavy atom. The van der Waals surface area contributed by atoms with Gasteiger partial charge in [-0.05, 0) is 61.7 Å². The van der Waals surface area contributed by atoms with Crippen LogP contribution in [0.5, 0.6) is 0 Å². The lowest BCUT2D eigenvalue weighted by atomic mass is 9.49. The standard InChI is InChI=1S/C14H24N2O/c1-16(2)15-13(17)9-14-6-10-3-11(7-14)5-12(4-10)8-14/h10-12H,3-9H2,1-2H3,(H,15,17). The van der Waals surface area contributed by atoms with Crippen LogP contribution in [0.15, 0.2) is 0 Å². The average molecular weight is 236 g/mol. The van der Waals surface area contributed by atoms with Gasteiger partial charge in [0.15, 0.2) is 0 Å². The largest absolute Gasteiger partial charge is 0.289 e. The van der Waals surface area contributed by atoms with Crippen LogP contribution in [-0.2, 0) is 4.79 Å². The molecule has 1 amide bonds. The Morgan fingerprint density at radius 3 is 2.00 bits per heavy atom. The van der Waals surface area contributed by atoms with Crippen molar-refractivity contribution in [2.45, 2.75) is 44.9 Å². The number of carbonyl (C=O) groups excluding carboxylic acids is 1. The van der Waals surface area contributed by atoms with E-state index in [1.54, 1.807) is 5.01 Å². The first-order valence-corrected chi connectivity index (χ1v) is 7.01. The summed E-state index contributed by atoms with van der Waals surface area (Å²) in [5.74, 6) is 3.03. The fourth-order valence-electron chi connectivity index (χ4n) is 5.14. The van der Waals surface area contributed by atoms with Crippen LogP contribution in [0.2, 0.25) is 0 Å². The smallest absolute Gasteiger partial charge is 0.234 e. The van der Waals surface area contributed by atoms with Crippen molar-refractivity contribution in [3.8, 4) is 0 Å². The summed E-state index contributed by atoms with van der Waals surface area (Å²) in [5, 5.41) is 1.77. The van der Waals surface area contributed by atoms with E-state index in [0.29, 0.717) is 5.41 Å². The van der Waals surface area contributed by atoms with Gasteiger partial charge in [0.2, 0.25) is 5.91 Å². The first-order valence-electron chi connectivity index (χ1n) is 7.01. The Morgan fingerprint density at radius 1 is 1.12 bits per heavy atom. The molecule has 0 spiro atoms. The average Bonchev–Trinajstić information content (AvgIpc) is 2.11. The summed E-state index contributed by atoms with van der Waals surface area (Å²) in [6, 6.07) is 0. The van der Waals surface area contributed by atoms with Gasteiger partial charge in [0.25, 0.3) is 0 Å². The molecular weight excluding hydrogens is 212 g/mol. The summed E-state index contributed by atoms with van der Waals surface area (Å²) >= 11 is 0. The first kappa shape index (κ1) is 11.5. The molecule has 0 saturated heterocycles. The Hall–Kier alpha value is -0.570. The fraction of sp³-hybridized carbons (Fsp3) is 0.929. The lowest BCUT2D eigenvalue weighted by molar-refractivity contribution is -0.133. The second kappa shape index (κ2) is 3.98. The molecule has 1 N–H and O–H groups in total. The minimum absolute atomic E-state index is 0.219. The minimum Gasteiger partial charge on any atom is -0.289 e. The lowest BCUT2D eigenvalue weighted by Gasteiger charge is -2.56. The van der Waals surface area contributed by atoms with Crippen LogP contribution in [0.4, 0.5) is 0 Å². The first-order chi connectivity index (χ1) is 8.05. The molecule has 0 unspecified atom stereocenters. The lowest BCUT2D eigenvalue weighted by Crippen LogP contribution is -2.49. The topological polar surface area (TPSA) is 32.3 Å². The number of amides is 1. The van der Waals surface area contributed by atoms with Gasteiger partial charge in [0.1, 0.15) is 0 Å². The summed E-state index contributed by atoms with van der Waals surface area (Å²) < 4.78 is 0. The number of hydrogen-bond donors (Lipinski definition) is 1. The maximum atomic E-state index is 12.0. The molecule has 4 saturated carbocycles. The fourth-order valence-corrected chi connectivity index (χ4v) is 5.14. The summed E-state index contributed by atoms with van der Waals surface area (Å²) in [7, 11) is 3.77. The van der Waals surface area contributed by atoms with Crippen LogP contribution in [0.3, 0.4) is 0 Å². The highest BCUT2D eigenvalue weighted by Crippen LogP contribution is 2.61. The third kappa shape index (κ3) is 2.22. The molecule has 0 aromatic heterocycles. The molecule has 4 rings (SSSR count). The molecular formula is C14H24N2O. The summed E-state index contributed by atoms with van der Waals surface area (Å²) in [5.41, 5.74) is 3.28. The molecule has 0 aromatic carbocycles. The summed E-state index contributed by atoms with van der Waals surface area (Å²) in [6.07, 6.45) is 9.08. The van der Waals surface area contributed by atoms with Crippen molar-refractivity contribution in [3.63, 3.8) is 0 Å². The Bertz CT molecular complexity index is 289. The molecule has 4 fully saturated rings. The number of nitrogens with zero attached hydrogens (tertiary/aromatic N) is 1. The van der Waals surface area contributed by atoms with Crippen molar-refractivity contribution in [2.75, 3.05) is 14.1 Å². The number of rotatable bonds is 3. The molecule has 4 aliphatic rings. The zero-order valence-corrected chi connectivity index (χ0v) is 11.0. The van der Waals surface area contributed by atoms with Gasteiger partial charge in [-0.3, -0.25) is 10.2 Å². The predicted molar refractivity (Wildman–Crippen MR) is 67.1 cm³/mol. The molecule has 0 aliphatic heterocycles. The van der Waals surface area contributed by atoms with E-state index in [2.05, 4.69) is 5.43 Å². The van der Waals surface area contributed by atoms with Crippen LogP contribution in [-0.4, -0.2) is 25.0 Å². The van der Waals surface area contributed by atoms with Crippen LogP contribution < -0.4 is 5.43 Å². The van der Waals surface area contributed by atoms with E-state index in [0.717, 1.165) is 24.2 Å². The van der Waals surface area contributed by atoms with E-state index in [1.165, 1.54) is 38.5 Å². The quantitative estimate of drug-likeness (QED) is 0.762. The Labute approximate surface area is 104 Å². The molecule has 96 valence electrons. The number of hydrazine groups is 1. The highest BCUT2D eigenvalue weighted by molar-refractivity contribution is 5.76. The second-order valence-corrected chi connectivity index (χ2v) is 7.02. The third-order valence-corrected chi connectivity index (χ3v) is 5.05. The molecule has 0 radical (unpaired) electrons. The van der Waals surface area contributed by atoms with E-state index in [-0.39, 0.29) is 5.91 Å². The SMILES string of the molecule is CN(C)NC(=O)CC12CC3CC(CC(C3)C1)C2. The molecule has 3 nitrogen and oxygen atoms in total. The maximum absolute atomic E-state index is 12.0. The maximum Gasteiger partial charge on any atom is 0.234 e. The molecule has 4 aliphatic carbocycles. The van der Waals surface area contributed by atoms with Crippen molar-refractivity contribution in [2.24, 2.45) is 23.2 Å². The Balaban J connectivity index is 1.68. The van der Waals surface area contributed by atoms with Gasteiger partial charge in [-0.2, -0.15) is 0 Å². The number of hydrogen-bond acceptors (Lipinski definition) is 2. The Kier molecular flexibility index (Phi) is 2.69. The molecule has 0 heterocycles. The number of carbonyl (C=O) groups is 1. The van der Waals surface area contributed by atoms with E-state index in [4.69, 9.17) is 0 Å². The molecule has 0 atom stereocenters. The van der Waals surface area contributed by atoms with Crippen LogP contribution in [0, 0.1) is 23.2 Å². The van der Waals surface area contributed by atoms with E-state index in [9.17, 15) is 4.79 Å². The summed E-state index contributed by atoms with van der Waals surface area (Å²) in [4.78, 5) is 12.0. The minimum atomic E-state index is 0.219. The van der Waals surface area contributed by atoms with Gasteiger partial charge in [-0.1, -0.05) is 0 Å². The van der Waals surface area contributed by atoms with Crippen molar-refractivity contribution in [1.29, 1.82) is 0 Å². The predicted octanol–water partition coefficient (Wildman–Crippen LogP) is 2.19. The highest BCUT2D eigenvalue weighted by atomic mass is 16.2. The van der Waals surface area contributed by atoms with E-state index >= 15 is 0 Å².